The molecule has 0 saturated carbocycles. The smallest absolute Gasteiger partial charge is 0.239 e. The zero-order valence-electron chi connectivity index (χ0n) is 10.3. The lowest BCUT2D eigenvalue weighted by Crippen LogP contribution is -2.30. The summed E-state index contributed by atoms with van der Waals surface area (Å²) in [4.78, 5) is 11.5. The number of unbranched alkanes of at least 4 members (excludes halogenated alkanes) is 1. The minimum absolute atomic E-state index is 0.0119. The fourth-order valence-electron chi connectivity index (χ4n) is 1.43. The number of halogens is 1. The van der Waals surface area contributed by atoms with E-state index in [1.165, 1.54) is 0 Å². The van der Waals surface area contributed by atoms with E-state index < -0.39 is 0 Å². The van der Waals surface area contributed by atoms with E-state index in [4.69, 9.17) is 11.6 Å². The number of benzene rings is 1. The van der Waals surface area contributed by atoms with Crippen LogP contribution in [0.2, 0.25) is 5.02 Å². The fourth-order valence-corrected chi connectivity index (χ4v) is 1.60. The minimum atomic E-state index is 0.0119. The van der Waals surface area contributed by atoms with Gasteiger partial charge in [-0.05, 0) is 31.0 Å². The number of nitrogens with one attached hydrogen (secondary N) is 2. The summed E-state index contributed by atoms with van der Waals surface area (Å²) in [6.45, 7) is 5.10. The first kappa shape index (κ1) is 13.8. The standard InChI is InChI=1S/C13H19ClN2O/c1-3-4-7-15-13(17)9-16-12-8-11(14)6-5-10(12)2/h5-6,8,16H,3-4,7,9H2,1-2H3,(H,15,17). The van der Waals surface area contributed by atoms with E-state index in [2.05, 4.69) is 17.6 Å². The highest BCUT2D eigenvalue weighted by atomic mass is 35.5. The van der Waals surface area contributed by atoms with Crippen LogP contribution in [0.4, 0.5) is 5.69 Å². The third-order valence-electron chi connectivity index (χ3n) is 2.49. The monoisotopic (exact) mass is 254 g/mol. The predicted octanol–water partition coefficient (Wildman–Crippen LogP) is 2.98. The number of hydrogen-bond acceptors (Lipinski definition) is 2. The van der Waals surface area contributed by atoms with Gasteiger partial charge in [-0.25, -0.2) is 0 Å². The van der Waals surface area contributed by atoms with Crippen LogP contribution >= 0.6 is 11.6 Å². The molecule has 0 aromatic heterocycles. The van der Waals surface area contributed by atoms with Crippen molar-refractivity contribution >= 4 is 23.2 Å². The van der Waals surface area contributed by atoms with Crippen molar-refractivity contribution in [2.45, 2.75) is 26.7 Å². The van der Waals surface area contributed by atoms with Gasteiger partial charge >= 0.3 is 0 Å². The quantitative estimate of drug-likeness (QED) is 0.767. The molecular formula is C13H19ClN2O. The van der Waals surface area contributed by atoms with Crippen LogP contribution in [0, 0.1) is 6.92 Å². The lowest BCUT2D eigenvalue weighted by Gasteiger charge is -2.10. The molecule has 0 fully saturated rings. The molecule has 0 heterocycles. The molecule has 0 aliphatic heterocycles. The predicted molar refractivity (Wildman–Crippen MR) is 72.6 cm³/mol. The van der Waals surface area contributed by atoms with Gasteiger partial charge in [0.05, 0.1) is 6.54 Å². The molecular weight excluding hydrogens is 236 g/mol. The van der Waals surface area contributed by atoms with Crippen molar-refractivity contribution < 1.29 is 4.79 Å². The van der Waals surface area contributed by atoms with E-state index in [0.29, 0.717) is 5.02 Å². The Morgan fingerprint density at radius 2 is 2.18 bits per heavy atom. The molecule has 0 bridgehead atoms. The molecule has 0 aliphatic rings. The van der Waals surface area contributed by atoms with Gasteiger partial charge in [-0.15, -0.1) is 0 Å². The molecule has 4 heteroatoms. The van der Waals surface area contributed by atoms with Crippen LogP contribution in [0.5, 0.6) is 0 Å². The summed E-state index contributed by atoms with van der Waals surface area (Å²) in [5, 5.41) is 6.61. The molecule has 0 spiro atoms. The topological polar surface area (TPSA) is 41.1 Å². The summed E-state index contributed by atoms with van der Waals surface area (Å²) in [5.41, 5.74) is 1.99. The number of anilines is 1. The van der Waals surface area contributed by atoms with E-state index in [1.807, 2.05) is 25.1 Å². The third kappa shape index (κ3) is 5.09. The number of aryl methyl sites for hydroxylation is 1. The number of carbonyl (C=O) groups excluding carboxylic acids is 1. The Labute approximate surface area is 108 Å². The molecule has 1 aromatic carbocycles. The number of hydrogen-bond donors (Lipinski definition) is 2. The average Bonchev–Trinajstić information content (AvgIpc) is 2.31. The Balaban J connectivity index is 2.39. The molecule has 2 N–H and O–H groups in total. The van der Waals surface area contributed by atoms with Gasteiger partial charge in [-0.2, -0.15) is 0 Å². The maximum absolute atomic E-state index is 11.5. The van der Waals surface area contributed by atoms with Crippen LogP contribution < -0.4 is 10.6 Å². The van der Waals surface area contributed by atoms with Crippen molar-refractivity contribution in [2.24, 2.45) is 0 Å². The Kier molecular flexibility index (Phi) is 5.84. The zero-order chi connectivity index (χ0) is 12.7. The van der Waals surface area contributed by atoms with E-state index in [1.54, 1.807) is 0 Å². The van der Waals surface area contributed by atoms with Gasteiger partial charge in [0, 0.05) is 17.3 Å². The van der Waals surface area contributed by atoms with Crippen molar-refractivity contribution in [3.63, 3.8) is 0 Å². The molecule has 1 rings (SSSR count). The summed E-state index contributed by atoms with van der Waals surface area (Å²) in [6.07, 6.45) is 2.10. The number of rotatable bonds is 6. The Morgan fingerprint density at radius 3 is 2.88 bits per heavy atom. The second kappa shape index (κ2) is 7.17. The maximum Gasteiger partial charge on any atom is 0.239 e. The second-order valence-corrected chi connectivity index (χ2v) is 4.45. The van der Waals surface area contributed by atoms with Gasteiger partial charge in [0.2, 0.25) is 5.91 Å². The lowest BCUT2D eigenvalue weighted by molar-refractivity contribution is -0.119. The first-order chi connectivity index (χ1) is 8.13. The first-order valence-electron chi connectivity index (χ1n) is 5.90. The molecule has 17 heavy (non-hydrogen) atoms. The first-order valence-corrected chi connectivity index (χ1v) is 6.28. The van der Waals surface area contributed by atoms with Crippen molar-refractivity contribution in [3.05, 3.63) is 28.8 Å². The molecule has 3 nitrogen and oxygen atoms in total. The number of carbonyl (C=O) groups is 1. The van der Waals surface area contributed by atoms with E-state index in [0.717, 1.165) is 30.6 Å². The van der Waals surface area contributed by atoms with Gasteiger partial charge in [-0.1, -0.05) is 31.0 Å². The average molecular weight is 255 g/mol. The van der Waals surface area contributed by atoms with Gasteiger partial charge in [0.1, 0.15) is 0 Å². The van der Waals surface area contributed by atoms with Crippen molar-refractivity contribution in [3.8, 4) is 0 Å². The van der Waals surface area contributed by atoms with Crippen molar-refractivity contribution in [1.29, 1.82) is 0 Å². The van der Waals surface area contributed by atoms with Gasteiger partial charge < -0.3 is 10.6 Å². The summed E-state index contributed by atoms with van der Waals surface area (Å²) >= 11 is 5.89. The molecule has 0 aliphatic carbocycles. The normalized spacial score (nSPS) is 10.1. The zero-order valence-corrected chi connectivity index (χ0v) is 11.1. The minimum Gasteiger partial charge on any atom is -0.376 e. The van der Waals surface area contributed by atoms with E-state index in [9.17, 15) is 4.79 Å². The highest BCUT2D eigenvalue weighted by molar-refractivity contribution is 6.30. The molecule has 0 saturated heterocycles. The summed E-state index contributed by atoms with van der Waals surface area (Å²) in [7, 11) is 0. The SMILES string of the molecule is CCCCNC(=O)CNc1cc(Cl)ccc1C. The van der Waals surface area contributed by atoms with Gasteiger partial charge in [-0.3, -0.25) is 4.79 Å². The molecule has 0 unspecified atom stereocenters. The van der Waals surface area contributed by atoms with Crippen LogP contribution in [0.1, 0.15) is 25.3 Å². The van der Waals surface area contributed by atoms with Gasteiger partial charge in [0.15, 0.2) is 0 Å². The number of amides is 1. The summed E-state index contributed by atoms with van der Waals surface area (Å²) < 4.78 is 0. The molecule has 1 aromatic rings. The molecule has 0 radical (unpaired) electrons. The van der Waals surface area contributed by atoms with Crippen LogP contribution in [0.15, 0.2) is 18.2 Å². The molecule has 1 amide bonds. The Morgan fingerprint density at radius 1 is 1.41 bits per heavy atom. The van der Waals surface area contributed by atoms with E-state index >= 15 is 0 Å². The Bertz CT molecular complexity index is 380. The fraction of sp³-hybridized carbons (Fsp3) is 0.462. The highest BCUT2D eigenvalue weighted by Gasteiger charge is 2.02. The lowest BCUT2D eigenvalue weighted by atomic mass is 10.2. The second-order valence-electron chi connectivity index (χ2n) is 4.02. The Hall–Kier alpha value is -1.22. The summed E-state index contributed by atoms with van der Waals surface area (Å²) in [6, 6.07) is 5.60. The van der Waals surface area contributed by atoms with Crippen LogP contribution in [-0.2, 0) is 4.79 Å². The van der Waals surface area contributed by atoms with Crippen LogP contribution in [-0.4, -0.2) is 19.0 Å². The molecule has 0 atom stereocenters. The largest absolute Gasteiger partial charge is 0.376 e. The van der Waals surface area contributed by atoms with Crippen LogP contribution in [0.25, 0.3) is 0 Å². The molecule has 94 valence electrons. The van der Waals surface area contributed by atoms with E-state index in [-0.39, 0.29) is 12.5 Å². The summed E-state index contributed by atoms with van der Waals surface area (Å²) in [5.74, 6) is 0.0119. The maximum atomic E-state index is 11.5. The third-order valence-corrected chi connectivity index (χ3v) is 2.73. The highest BCUT2D eigenvalue weighted by Crippen LogP contribution is 2.19. The van der Waals surface area contributed by atoms with Gasteiger partial charge in [0.25, 0.3) is 0 Å². The van der Waals surface area contributed by atoms with Crippen LogP contribution in [0.3, 0.4) is 0 Å². The van der Waals surface area contributed by atoms with Crippen molar-refractivity contribution in [1.82, 2.24) is 5.32 Å². The van der Waals surface area contributed by atoms with Crippen molar-refractivity contribution in [2.75, 3.05) is 18.4 Å².